The summed E-state index contributed by atoms with van der Waals surface area (Å²) in [5.41, 5.74) is 1.23. The van der Waals surface area contributed by atoms with Crippen LogP contribution >= 0.6 is 47.8 Å². The fourth-order valence-electron chi connectivity index (χ4n) is 1.25. The van der Waals surface area contributed by atoms with Crippen LogP contribution in [0.3, 0.4) is 0 Å². The van der Waals surface area contributed by atoms with Crippen LogP contribution in [-0.4, -0.2) is 11.8 Å². The van der Waals surface area contributed by atoms with Crippen molar-refractivity contribution in [3.63, 3.8) is 0 Å². The topological polar surface area (TPSA) is 43.4 Å². The van der Waals surface area contributed by atoms with Crippen molar-refractivity contribution in [1.29, 1.82) is 0 Å². The van der Waals surface area contributed by atoms with Crippen LogP contribution in [0.15, 0.2) is 16.6 Å². The molecule has 0 fully saturated rings. The van der Waals surface area contributed by atoms with Crippen molar-refractivity contribution in [1.82, 2.24) is 0 Å². The van der Waals surface area contributed by atoms with Crippen molar-refractivity contribution < 1.29 is 14.3 Å². The van der Waals surface area contributed by atoms with Gasteiger partial charge in [-0.2, -0.15) is 0 Å². The SMILES string of the molecule is CC(=O)Oc1cc(Br)c(C(Br)Br)cc1C(C)=O. The minimum atomic E-state index is -0.457. The normalized spacial score (nSPS) is 10.5. The van der Waals surface area contributed by atoms with Crippen LogP contribution in [0.1, 0.15) is 33.5 Å². The number of halogens is 3. The molecule has 1 rings (SSSR count). The minimum Gasteiger partial charge on any atom is -0.426 e. The van der Waals surface area contributed by atoms with Crippen molar-refractivity contribution in [2.24, 2.45) is 0 Å². The van der Waals surface area contributed by atoms with Gasteiger partial charge in [0.2, 0.25) is 0 Å². The van der Waals surface area contributed by atoms with E-state index in [0.717, 1.165) is 10.0 Å². The number of ketones is 1. The summed E-state index contributed by atoms with van der Waals surface area (Å²) in [4.78, 5) is 22.4. The van der Waals surface area contributed by atoms with Gasteiger partial charge in [-0.05, 0) is 24.6 Å². The van der Waals surface area contributed by atoms with E-state index >= 15 is 0 Å². The van der Waals surface area contributed by atoms with Crippen LogP contribution in [0.4, 0.5) is 0 Å². The maximum Gasteiger partial charge on any atom is 0.308 e. The van der Waals surface area contributed by atoms with Crippen molar-refractivity contribution in [3.05, 3.63) is 27.7 Å². The highest BCUT2D eigenvalue weighted by molar-refractivity contribution is 9.24. The largest absolute Gasteiger partial charge is 0.426 e. The van der Waals surface area contributed by atoms with E-state index in [1.807, 2.05) is 0 Å². The van der Waals surface area contributed by atoms with Crippen LogP contribution in [0.25, 0.3) is 0 Å². The summed E-state index contributed by atoms with van der Waals surface area (Å²) < 4.78 is 5.66. The Kier molecular flexibility index (Phi) is 5.34. The van der Waals surface area contributed by atoms with E-state index < -0.39 is 5.97 Å². The number of Topliss-reactive ketones (excluding diaryl/α,β-unsaturated/α-hetero) is 1. The summed E-state index contributed by atoms with van der Waals surface area (Å²) in [5.74, 6) is -0.349. The minimum absolute atomic E-state index is 0.0890. The molecular formula is C11H9Br3O3. The highest BCUT2D eigenvalue weighted by Gasteiger charge is 2.17. The monoisotopic (exact) mass is 426 g/mol. The van der Waals surface area contributed by atoms with Gasteiger partial charge in [-0.1, -0.05) is 47.8 Å². The molecule has 1 aromatic rings. The summed E-state index contributed by atoms with van der Waals surface area (Å²) in [6.45, 7) is 2.72. The predicted molar refractivity (Wildman–Crippen MR) is 76.1 cm³/mol. The molecule has 0 aliphatic heterocycles. The van der Waals surface area contributed by atoms with Gasteiger partial charge < -0.3 is 4.74 Å². The number of ether oxygens (including phenoxy) is 1. The second kappa shape index (κ2) is 6.11. The summed E-state index contributed by atoms with van der Waals surface area (Å²) in [5, 5.41) is 0. The van der Waals surface area contributed by atoms with E-state index in [1.165, 1.54) is 13.8 Å². The summed E-state index contributed by atoms with van der Waals surface area (Å²) in [6.07, 6.45) is 0. The van der Waals surface area contributed by atoms with Gasteiger partial charge in [-0.3, -0.25) is 9.59 Å². The van der Waals surface area contributed by atoms with Gasteiger partial charge in [0.05, 0.1) is 9.30 Å². The Hall–Kier alpha value is -0.200. The molecule has 1 aromatic carbocycles. The average molecular weight is 429 g/mol. The van der Waals surface area contributed by atoms with Gasteiger partial charge in [0, 0.05) is 11.4 Å². The first-order valence-corrected chi connectivity index (χ1v) is 7.26. The molecule has 92 valence electrons. The van der Waals surface area contributed by atoms with Crippen molar-refractivity contribution in [3.8, 4) is 5.75 Å². The van der Waals surface area contributed by atoms with Gasteiger partial charge in [0.15, 0.2) is 5.78 Å². The molecule has 6 heteroatoms. The molecule has 0 aliphatic rings. The molecule has 0 bridgehead atoms. The number of carbonyl (C=O) groups is 2. The first-order valence-electron chi connectivity index (χ1n) is 4.64. The Labute approximate surface area is 124 Å². The number of hydrogen-bond acceptors (Lipinski definition) is 3. The Morgan fingerprint density at radius 2 is 1.82 bits per heavy atom. The van der Waals surface area contributed by atoms with E-state index in [0.29, 0.717) is 5.56 Å². The van der Waals surface area contributed by atoms with Gasteiger partial charge in [-0.15, -0.1) is 0 Å². The third kappa shape index (κ3) is 3.89. The highest BCUT2D eigenvalue weighted by Crippen LogP contribution is 2.38. The van der Waals surface area contributed by atoms with Crippen molar-refractivity contribution >= 4 is 59.5 Å². The Morgan fingerprint density at radius 3 is 2.24 bits per heavy atom. The zero-order valence-electron chi connectivity index (χ0n) is 9.09. The smallest absolute Gasteiger partial charge is 0.308 e. The van der Waals surface area contributed by atoms with Crippen LogP contribution in [-0.2, 0) is 4.79 Å². The van der Waals surface area contributed by atoms with Crippen LogP contribution in [0, 0.1) is 0 Å². The zero-order valence-corrected chi connectivity index (χ0v) is 13.8. The maximum atomic E-state index is 11.5. The zero-order chi connectivity index (χ0) is 13.2. The number of esters is 1. The molecule has 0 heterocycles. The van der Waals surface area contributed by atoms with Gasteiger partial charge in [0.25, 0.3) is 0 Å². The second-order valence-electron chi connectivity index (χ2n) is 3.32. The van der Waals surface area contributed by atoms with Crippen molar-refractivity contribution in [2.45, 2.75) is 17.6 Å². The van der Waals surface area contributed by atoms with Crippen LogP contribution in [0.5, 0.6) is 5.75 Å². The second-order valence-corrected chi connectivity index (χ2v) is 7.23. The lowest BCUT2D eigenvalue weighted by Gasteiger charge is -2.12. The standard InChI is InChI=1S/C11H9Br3O3/c1-5(15)7-3-8(11(13)14)9(12)4-10(7)17-6(2)16/h3-4,11H,1-2H3. The molecular weight excluding hydrogens is 420 g/mol. The quantitative estimate of drug-likeness (QED) is 0.311. The molecule has 3 nitrogen and oxygen atoms in total. The molecule has 0 atom stereocenters. The number of alkyl halides is 2. The molecule has 0 aliphatic carbocycles. The van der Waals surface area contributed by atoms with E-state index in [9.17, 15) is 9.59 Å². The average Bonchev–Trinajstić information content (AvgIpc) is 2.15. The summed E-state index contributed by atoms with van der Waals surface area (Å²) in [7, 11) is 0. The Balaban J connectivity index is 3.35. The molecule has 0 radical (unpaired) electrons. The highest BCUT2D eigenvalue weighted by atomic mass is 79.9. The lowest BCUT2D eigenvalue weighted by molar-refractivity contribution is -0.131. The maximum absolute atomic E-state index is 11.5. The van der Waals surface area contributed by atoms with E-state index in [4.69, 9.17) is 4.74 Å². The summed E-state index contributed by atoms with van der Waals surface area (Å²) >= 11 is 10.1. The van der Waals surface area contributed by atoms with E-state index in [1.54, 1.807) is 12.1 Å². The Bertz CT molecular complexity index is 469. The fraction of sp³-hybridized carbons (Fsp3) is 0.273. The predicted octanol–water partition coefficient (Wildman–Crippen LogP) is 4.37. The first-order chi connectivity index (χ1) is 7.82. The van der Waals surface area contributed by atoms with E-state index in [2.05, 4.69) is 47.8 Å². The number of rotatable bonds is 3. The lowest BCUT2D eigenvalue weighted by Crippen LogP contribution is -2.07. The molecule has 17 heavy (non-hydrogen) atoms. The third-order valence-electron chi connectivity index (χ3n) is 1.97. The van der Waals surface area contributed by atoms with Crippen LogP contribution < -0.4 is 4.74 Å². The third-order valence-corrected chi connectivity index (χ3v) is 3.64. The lowest BCUT2D eigenvalue weighted by atomic mass is 10.1. The van der Waals surface area contributed by atoms with Gasteiger partial charge in [0.1, 0.15) is 5.75 Å². The molecule has 0 aromatic heterocycles. The fourth-order valence-corrected chi connectivity index (χ4v) is 3.18. The molecule has 0 amide bonds. The van der Waals surface area contributed by atoms with E-state index in [-0.39, 0.29) is 15.3 Å². The molecule has 0 unspecified atom stereocenters. The number of carbonyl (C=O) groups excluding carboxylic acids is 2. The molecule has 0 saturated carbocycles. The molecule has 0 N–H and O–H groups in total. The summed E-state index contributed by atoms with van der Waals surface area (Å²) in [6, 6.07) is 3.29. The molecule has 0 saturated heterocycles. The van der Waals surface area contributed by atoms with Gasteiger partial charge >= 0.3 is 5.97 Å². The molecule has 0 spiro atoms. The first kappa shape index (κ1) is 14.9. The number of benzene rings is 1. The number of hydrogen-bond donors (Lipinski definition) is 0. The van der Waals surface area contributed by atoms with Gasteiger partial charge in [-0.25, -0.2) is 0 Å². The van der Waals surface area contributed by atoms with Crippen molar-refractivity contribution in [2.75, 3.05) is 0 Å². The Morgan fingerprint density at radius 1 is 1.24 bits per heavy atom. The van der Waals surface area contributed by atoms with Crippen LogP contribution in [0.2, 0.25) is 0 Å².